The summed E-state index contributed by atoms with van der Waals surface area (Å²) in [5.74, 6) is 0.408. The Morgan fingerprint density at radius 3 is 2.87 bits per heavy atom. The van der Waals surface area contributed by atoms with Crippen LogP contribution in [0.4, 0.5) is 5.82 Å². The summed E-state index contributed by atoms with van der Waals surface area (Å²) < 4.78 is 1.51. The molecule has 0 spiro atoms. The molecule has 0 aliphatic rings. The van der Waals surface area contributed by atoms with Crippen LogP contribution in [0.15, 0.2) is 17.2 Å². The largest absolute Gasteiger partial charge is 0.364 e. The number of nitrogens with zero attached hydrogens (tertiary/aromatic N) is 2. The van der Waals surface area contributed by atoms with Crippen LogP contribution in [0.25, 0.3) is 0 Å². The number of rotatable bonds is 5. The van der Waals surface area contributed by atoms with Gasteiger partial charge in [-0.25, -0.2) is 4.98 Å². The molecule has 0 aliphatic carbocycles. The smallest absolute Gasteiger partial charge is 0.293 e. The van der Waals surface area contributed by atoms with E-state index < -0.39 is 0 Å². The zero-order chi connectivity index (χ0) is 11.3. The molecular formula is C10H18N4O. The van der Waals surface area contributed by atoms with Crippen molar-refractivity contribution < 1.29 is 0 Å². The first kappa shape index (κ1) is 11.7. The summed E-state index contributed by atoms with van der Waals surface area (Å²) in [4.78, 5) is 15.5. The summed E-state index contributed by atoms with van der Waals surface area (Å²) in [6, 6.07) is 0.457. The van der Waals surface area contributed by atoms with E-state index >= 15 is 0 Å². The summed E-state index contributed by atoms with van der Waals surface area (Å²) in [5, 5.41) is 6.25. The number of hydrogen-bond donors (Lipinski definition) is 2. The van der Waals surface area contributed by atoms with E-state index in [2.05, 4.69) is 29.5 Å². The average Bonchev–Trinajstić information content (AvgIpc) is 2.18. The average molecular weight is 210 g/mol. The molecule has 2 N–H and O–H groups in total. The van der Waals surface area contributed by atoms with E-state index in [0.29, 0.717) is 18.4 Å². The molecule has 0 fully saturated rings. The third kappa shape index (κ3) is 3.71. The highest BCUT2D eigenvalue weighted by molar-refractivity contribution is 5.30. The van der Waals surface area contributed by atoms with E-state index in [4.69, 9.17) is 0 Å². The highest BCUT2D eigenvalue weighted by Gasteiger charge is 2.00. The molecule has 1 rings (SSSR count). The van der Waals surface area contributed by atoms with Gasteiger partial charge < -0.3 is 15.2 Å². The SMILES string of the molecule is CC(C)NCCNc1nccn(C)c1=O. The Hall–Kier alpha value is -1.36. The fourth-order valence-corrected chi connectivity index (χ4v) is 1.16. The quantitative estimate of drug-likeness (QED) is 0.681. The summed E-state index contributed by atoms with van der Waals surface area (Å²) in [7, 11) is 1.71. The van der Waals surface area contributed by atoms with Gasteiger partial charge in [0.1, 0.15) is 0 Å². The van der Waals surface area contributed by atoms with Crippen molar-refractivity contribution in [3.8, 4) is 0 Å². The fourth-order valence-electron chi connectivity index (χ4n) is 1.16. The molecule has 5 heteroatoms. The normalized spacial score (nSPS) is 10.7. The van der Waals surface area contributed by atoms with Crippen molar-refractivity contribution in [2.24, 2.45) is 7.05 Å². The predicted molar refractivity (Wildman–Crippen MR) is 61.1 cm³/mol. The van der Waals surface area contributed by atoms with E-state index in [1.165, 1.54) is 4.57 Å². The van der Waals surface area contributed by atoms with E-state index in [0.717, 1.165) is 6.54 Å². The second-order valence-corrected chi connectivity index (χ2v) is 3.73. The molecule has 0 amide bonds. The standard InChI is InChI=1S/C10H18N4O/c1-8(2)11-4-5-12-9-10(15)14(3)7-6-13-9/h6-8,11H,4-5H2,1-3H3,(H,12,13). The fraction of sp³-hybridized carbons (Fsp3) is 0.600. The molecule has 1 aromatic heterocycles. The van der Waals surface area contributed by atoms with Gasteiger partial charge in [-0.3, -0.25) is 4.79 Å². The molecule has 0 unspecified atom stereocenters. The van der Waals surface area contributed by atoms with Gasteiger partial charge in [-0.1, -0.05) is 13.8 Å². The number of nitrogens with one attached hydrogen (secondary N) is 2. The summed E-state index contributed by atoms with van der Waals surface area (Å²) in [5.41, 5.74) is -0.0953. The second kappa shape index (κ2) is 5.50. The van der Waals surface area contributed by atoms with Crippen LogP contribution in [-0.4, -0.2) is 28.7 Å². The molecule has 0 atom stereocenters. The first-order chi connectivity index (χ1) is 7.11. The first-order valence-corrected chi connectivity index (χ1v) is 5.10. The van der Waals surface area contributed by atoms with Gasteiger partial charge in [0.15, 0.2) is 5.82 Å². The topological polar surface area (TPSA) is 59.0 Å². The maximum atomic E-state index is 11.5. The van der Waals surface area contributed by atoms with Crippen LogP contribution in [0.5, 0.6) is 0 Å². The molecule has 1 aromatic rings. The molecular weight excluding hydrogens is 192 g/mol. The Morgan fingerprint density at radius 1 is 1.47 bits per heavy atom. The minimum Gasteiger partial charge on any atom is -0.364 e. The van der Waals surface area contributed by atoms with Crippen LogP contribution >= 0.6 is 0 Å². The van der Waals surface area contributed by atoms with Gasteiger partial charge in [0, 0.05) is 38.6 Å². The Morgan fingerprint density at radius 2 is 2.20 bits per heavy atom. The lowest BCUT2D eigenvalue weighted by molar-refractivity contribution is 0.601. The van der Waals surface area contributed by atoms with E-state index in [-0.39, 0.29) is 5.56 Å². The molecule has 0 saturated carbocycles. The lowest BCUT2D eigenvalue weighted by atomic mass is 10.4. The molecule has 15 heavy (non-hydrogen) atoms. The van der Waals surface area contributed by atoms with Crippen molar-refractivity contribution in [1.82, 2.24) is 14.9 Å². The molecule has 0 aliphatic heterocycles. The molecule has 1 heterocycles. The van der Waals surface area contributed by atoms with Crippen LogP contribution in [0, 0.1) is 0 Å². The number of anilines is 1. The van der Waals surface area contributed by atoms with Gasteiger partial charge in [-0.15, -0.1) is 0 Å². The van der Waals surface area contributed by atoms with Crippen LogP contribution in [0.2, 0.25) is 0 Å². The molecule has 84 valence electrons. The molecule has 0 radical (unpaired) electrons. The monoisotopic (exact) mass is 210 g/mol. The van der Waals surface area contributed by atoms with Gasteiger partial charge in [0.25, 0.3) is 5.56 Å². The summed E-state index contributed by atoms with van der Waals surface area (Å²) in [6.45, 7) is 5.68. The third-order valence-electron chi connectivity index (χ3n) is 1.99. The second-order valence-electron chi connectivity index (χ2n) is 3.73. The van der Waals surface area contributed by atoms with Crippen molar-refractivity contribution >= 4 is 5.82 Å². The third-order valence-corrected chi connectivity index (χ3v) is 1.99. The first-order valence-electron chi connectivity index (χ1n) is 5.10. The number of aryl methyl sites for hydroxylation is 1. The molecule has 0 bridgehead atoms. The minimum atomic E-state index is -0.0953. The Balaban J connectivity index is 2.44. The Labute approximate surface area is 89.5 Å². The highest BCUT2D eigenvalue weighted by Crippen LogP contribution is 1.89. The predicted octanol–water partition coefficient (Wildman–Crippen LogP) is 0.190. The minimum absolute atomic E-state index is 0.0953. The molecule has 0 aromatic carbocycles. The van der Waals surface area contributed by atoms with E-state index in [1.54, 1.807) is 19.4 Å². The van der Waals surface area contributed by atoms with Gasteiger partial charge >= 0.3 is 0 Å². The van der Waals surface area contributed by atoms with Crippen molar-refractivity contribution in [3.63, 3.8) is 0 Å². The highest BCUT2D eigenvalue weighted by atomic mass is 16.1. The van der Waals surface area contributed by atoms with Crippen LogP contribution in [0.3, 0.4) is 0 Å². The van der Waals surface area contributed by atoms with Crippen molar-refractivity contribution in [3.05, 3.63) is 22.7 Å². The Bertz CT molecular complexity index is 359. The van der Waals surface area contributed by atoms with Crippen molar-refractivity contribution in [1.29, 1.82) is 0 Å². The number of aromatic nitrogens is 2. The lowest BCUT2D eigenvalue weighted by Crippen LogP contribution is -2.30. The van der Waals surface area contributed by atoms with Gasteiger partial charge in [0.05, 0.1) is 0 Å². The lowest BCUT2D eigenvalue weighted by Gasteiger charge is -2.09. The zero-order valence-electron chi connectivity index (χ0n) is 9.45. The van der Waals surface area contributed by atoms with Crippen molar-refractivity contribution in [2.75, 3.05) is 18.4 Å². The van der Waals surface area contributed by atoms with Gasteiger partial charge in [-0.05, 0) is 0 Å². The van der Waals surface area contributed by atoms with E-state index in [1.807, 2.05) is 0 Å². The zero-order valence-corrected chi connectivity index (χ0v) is 9.45. The summed E-state index contributed by atoms with van der Waals surface area (Å²) in [6.07, 6.45) is 3.25. The summed E-state index contributed by atoms with van der Waals surface area (Å²) >= 11 is 0. The number of hydrogen-bond acceptors (Lipinski definition) is 4. The molecule has 0 saturated heterocycles. The van der Waals surface area contributed by atoms with Crippen LogP contribution < -0.4 is 16.2 Å². The maximum Gasteiger partial charge on any atom is 0.293 e. The Kier molecular flexibility index (Phi) is 4.30. The van der Waals surface area contributed by atoms with Gasteiger partial charge in [-0.2, -0.15) is 0 Å². The maximum absolute atomic E-state index is 11.5. The van der Waals surface area contributed by atoms with Gasteiger partial charge in [0.2, 0.25) is 0 Å². The van der Waals surface area contributed by atoms with Crippen LogP contribution in [0.1, 0.15) is 13.8 Å². The molecule has 5 nitrogen and oxygen atoms in total. The van der Waals surface area contributed by atoms with Crippen molar-refractivity contribution in [2.45, 2.75) is 19.9 Å². The van der Waals surface area contributed by atoms with Crippen LogP contribution in [-0.2, 0) is 7.05 Å². The van der Waals surface area contributed by atoms with E-state index in [9.17, 15) is 4.79 Å².